The molecule has 15 heavy (non-hydrogen) atoms. The molecule has 1 N–H and O–H groups in total. The zero-order valence-electron chi connectivity index (χ0n) is 9.25. The Bertz CT molecular complexity index is 463. The van der Waals surface area contributed by atoms with E-state index < -0.39 is 0 Å². The van der Waals surface area contributed by atoms with Gasteiger partial charge in [-0.3, -0.25) is 4.98 Å². The second-order valence-corrected chi connectivity index (χ2v) is 3.76. The van der Waals surface area contributed by atoms with Crippen LogP contribution >= 0.6 is 0 Å². The molecule has 2 rings (SSSR count). The number of fused-ring (bicyclic) bond motifs is 1. The van der Waals surface area contributed by atoms with E-state index in [2.05, 4.69) is 47.6 Å². The number of rotatable bonds is 3. The van der Waals surface area contributed by atoms with E-state index in [1.54, 1.807) is 0 Å². The lowest BCUT2D eigenvalue weighted by molar-refractivity contribution is 0.727. The molecule has 0 saturated carbocycles. The lowest BCUT2D eigenvalue weighted by Gasteiger charge is -2.04. The van der Waals surface area contributed by atoms with Crippen molar-refractivity contribution in [3.8, 4) is 0 Å². The zero-order chi connectivity index (χ0) is 10.7. The first-order chi connectivity index (χ1) is 7.29. The molecule has 0 fully saturated rings. The zero-order valence-corrected chi connectivity index (χ0v) is 9.25. The number of benzene rings is 1. The third-order valence-electron chi connectivity index (χ3n) is 2.47. The molecule has 1 aromatic heterocycles. The maximum atomic E-state index is 4.48. The van der Waals surface area contributed by atoms with Crippen LogP contribution in [-0.2, 0) is 6.54 Å². The highest BCUT2D eigenvalue weighted by Crippen LogP contribution is 2.14. The van der Waals surface area contributed by atoms with E-state index in [0.29, 0.717) is 0 Å². The summed E-state index contributed by atoms with van der Waals surface area (Å²) >= 11 is 0. The third kappa shape index (κ3) is 2.34. The molecular formula is C13H16N2. The predicted octanol–water partition coefficient (Wildman–Crippen LogP) is 2.65. The van der Waals surface area contributed by atoms with Crippen LogP contribution in [0, 0.1) is 6.92 Å². The Morgan fingerprint density at radius 3 is 2.87 bits per heavy atom. The number of nitrogens with zero attached hydrogens (tertiary/aromatic N) is 1. The van der Waals surface area contributed by atoms with Crippen LogP contribution in [-0.4, -0.2) is 11.5 Å². The summed E-state index contributed by atoms with van der Waals surface area (Å²) in [4.78, 5) is 4.48. The van der Waals surface area contributed by atoms with Gasteiger partial charge >= 0.3 is 0 Å². The Balaban J connectivity index is 2.34. The molecule has 0 saturated heterocycles. The molecular weight excluding hydrogens is 184 g/mol. The summed E-state index contributed by atoms with van der Waals surface area (Å²) in [6.45, 7) is 6.07. The van der Waals surface area contributed by atoms with Gasteiger partial charge in [-0.25, -0.2) is 0 Å². The van der Waals surface area contributed by atoms with Crippen molar-refractivity contribution >= 4 is 10.9 Å². The predicted molar refractivity (Wildman–Crippen MR) is 63.9 cm³/mol. The molecule has 0 spiro atoms. The van der Waals surface area contributed by atoms with Gasteiger partial charge in [0.25, 0.3) is 0 Å². The van der Waals surface area contributed by atoms with Crippen LogP contribution in [0.1, 0.15) is 18.2 Å². The standard InChI is InChI=1S/C13H16N2/c1-3-14-9-11-5-7-13-12(8-11)6-4-10(2)15-13/h4-8,14H,3,9H2,1-2H3. The molecule has 2 heteroatoms. The first-order valence-corrected chi connectivity index (χ1v) is 5.36. The van der Waals surface area contributed by atoms with Crippen molar-refractivity contribution in [2.75, 3.05) is 6.54 Å². The molecule has 1 heterocycles. The third-order valence-corrected chi connectivity index (χ3v) is 2.47. The Morgan fingerprint density at radius 1 is 1.20 bits per heavy atom. The van der Waals surface area contributed by atoms with Gasteiger partial charge in [0.2, 0.25) is 0 Å². The molecule has 0 aliphatic carbocycles. The Labute approximate surface area is 90.3 Å². The Morgan fingerprint density at radius 2 is 2.07 bits per heavy atom. The molecule has 0 unspecified atom stereocenters. The van der Waals surface area contributed by atoms with E-state index in [-0.39, 0.29) is 0 Å². The van der Waals surface area contributed by atoms with Crippen LogP contribution in [0.15, 0.2) is 30.3 Å². The minimum absolute atomic E-state index is 0.931. The number of aromatic nitrogens is 1. The smallest absolute Gasteiger partial charge is 0.0705 e. The number of pyridine rings is 1. The maximum absolute atomic E-state index is 4.48. The fraction of sp³-hybridized carbons (Fsp3) is 0.308. The van der Waals surface area contributed by atoms with Gasteiger partial charge in [0.1, 0.15) is 0 Å². The fourth-order valence-corrected chi connectivity index (χ4v) is 1.66. The largest absolute Gasteiger partial charge is 0.313 e. The summed E-state index contributed by atoms with van der Waals surface area (Å²) in [7, 11) is 0. The Kier molecular flexibility index (Phi) is 2.97. The van der Waals surface area contributed by atoms with Gasteiger partial charge in [0.05, 0.1) is 5.52 Å². The average molecular weight is 200 g/mol. The molecule has 2 nitrogen and oxygen atoms in total. The van der Waals surface area contributed by atoms with E-state index in [0.717, 1.165) is 24.3 Å². The Hall–Kier alpha value is -1.41. The summed E-state index contributed by atoms with van der Waals surface area (Å²) in [5, 5.41) is 4.54. The molecule has 78 valence electrons. The second kappa shape index (κ2) is 4.41. The lowest BCUT2D eigenvalue weighted by atomic mass is 10.1. The first-order valence-electron chi connectivity index (χ1n) is 5.36. The van der Waals surface area contributed by atoms with Gasteiger partial charge in [-0.15, -0.1) is 0 Å². The van der Waals surface area contributed by atoms with Crippen molar-refractivity contribution in [2.24, 2.45) is 0 Å². The highest BCUT2D eigenvalue weighted by molar-refractivity contribution is 5.79. The second-order valence-electron chi connectivity index (χ2n) is 3.76. The van der Waals surface area contributed by atoms with Gasteiger partial charge in [-0.2, -0.15) is 0 Å². The topological polar surface area (TPSA) is 24.9 Å². The highest BCUT2D eigenvalue weighted by Gasteiger charge is 1.97. The van der Waals surface area contributed by atoms with Crippen LogP contribution in [0.2, 0.25) is 0 Å². The van der Waals surface area contributed by atoms with E-state index in [1.165, 1.54) is 10.9 Å². The van der Waals surface area contributed by atoms with Gasteiger partial charge in [0.15, 0.2) is 0 Å². The number of hydrogen-bond acceptors (Lipinski definition) is 2. The van der Waals surface area contributed by atoms with Crippen LogP contribution in [0.25, 0.3) is 10.9 Å². The summed E-state index contributed by atoms with van der Waals surface area (Å²) in [6, 6.07) is 10.6. The number of nitrogens with one attached hydrogen (secondary N) is 1. The van der Waals surface area contributed by atoms with Crippen molar-refractivity contribution in [3.63, 3.8) is 0 Å². The number of aryl methyl sites for hydroxylation is 1. The molecule has 0 amide bonds. The van der Waals surface area contributed by atoms with Crippen LogP contribution < -0.4 is 5.32 Å². The van der Waals surface area contributed by atoms with Crippen molar-refractivity contribution in [2.45, 2.75) is 20.4 Å². The minimum Gasteiger partial charge on any atom is -0.313 e. The van der Waals surface area contributed by atoms with E-state index in [4.69, 9.17) is 0 Å². The quantitative estimate of drug-likeness (QED) is 0.824. The summed E-state index contributed by atoms with van der Waals surface area (Å²) in [6.07, 6.45) is 0. The van der Waals surface area contributed by atoms with Gasteiger partial charge in [0, 0.05) is 17.6 Å². The summed E-state index contributed by atoms with van der Waals surface area (Å²) < 4.78 is 0. The molecule has 1 aromatic carbocycles. The van der Waals surface area contributed by atoms with Gasteiger partial charge < -0.3 is 5.32 Å². The average Bonchev–Trinajstić information content (AvgIpc) is 2.26. The maximum Gasteiger partial charge on any atom is 0.0705 e. The van der Waals surface area contributed by atoms with Gasteiger partial charge in [-0.05, 0) is 37.2 Å². The van der Waals surface area contributed by atoms with Crippen molar-refractivity contribution in [1.29, 1.82) is 0 Å². The summed E-state index contributed by atoms with van der Waals surface area (Å²) in [5.41, 5.74) is 3.46. The summed E-state index contributed by atoms with van der Waals surface area (Å²) in [5.74, 6) is 0. The normalized spacial score (nSPS) is 10.8. The fourth-order valence-electron chi connectivity index (χ4n) is 1.66. The van der Waals surface area contributed by atoms with E-state index in [1.807, 2.05) is 6.92 Å². The molecule has 0 atom stereocenters. The van der Waals surface area contributed by atoms with Gasteiger partial charge in [-0.1, -0.05) is 19.1 Å². The molecule has 0 aliphatic heterocycles. The molecule has 0 radical (unpaired) electrons. The molecule has 2 aromatic rings. The van der Waals surface area contributed by atoms with E-state index in [9.17, 15) is 0 Å². The lowest BCUT2D eigenvalue weighted by Crippen LogP contribution is -2.11. The first kappa shape index (κ1) is 10.1. The van der Waals surface area contributed by atoms with Crippen molar-refractivity contribution in [1.82, 2.24) is 10.3 Å². The number of hydrogen-bond donors (Lipinski definition) is 1. The van der Waals surface area contributed by atoms with E-state index >= 15 is 0 Å². The minimum atomic E-state index is 0.931. The molecule has 0 aliphatic rings. The van der Waals surface area contributed by atoms with Crippen LogP contribution in [0.3, 0.4) is 0 Å². The highest BCUT2D eigenvalue weighted by atomic mass is 14.8. The van der Waals surface area contributed by atoms with Crippen molar-refractivity contribution < 1.29 is 0 Å². The molecule has 0 bridgehead atoms. The van der Waals surface area contributed by atoms with Crippen molar-refractivity contribution in [3.05, 3.63) is 41.6 Å². The van der Waals surface area contributed by atoms with Crippen LogP contribution in [0.4, 0.5) is 0 Å². The van der Waals surface area contributed by atoms with Crippen LogP contribution in [0.5, 0.6) is 0 Å². The monoisotopic (exact) mass is 200 g/mol. The SMILES string of the molecule is CCNCc1ccc2nc(C)ccc2c1.